The average Bonchev–Trinajstić information content (AvgIpc) is 3.47. The van der Waals surface area contributed by atoms with E-state index < -0.39 is 6.04 Å². The highest BCUT2D eigenvalue weighted by molar-refractivity contribution is 6.01. The highest BCUT2D eigenvalue weighted by Gasteiger charge is 2.31. The lowest BCUT2D eigenvalue weighted by molar-refractivity contribution is -0.132. The number of hydrogen-bond donors (Lipinski definition) is 4. The number of nitrogens with one attached hydrogen (secondary N) is 3. The number of nitrogens with zero attached hydrogens (tertiary/aromatic N) is 2. The Morgan fingerprint density at radius 3 is 2.64 bits per heavy atom. The van der Waals surface area contributed by atoms with Crippen molar-refractivity contribution in [1.29, 1.82) is 5.26 Å². The van der Waals surface area contributed by atoms with E-state index in [2.05, 4.69) is 21.7 Å². The van der Waals surface area contributed by atoms with E-state index in [1.54, 1.807) is 11.0 Å². The second kappa shape index (κ2) is 11.2. The lowest BCUT2D eigenvalue weighted by Crippen LogP contribution is -2.46. The zero-order valence-electron chi connectivity index (χ0n) is 19.0. The molecule has 2 atom stereocenters. The fraction of sp³-hybridized carbons (Fsp3) is 0.320. The highest BCUT2D eigenvalue weighted by Crippen LogP contribution is 2.25. The monoisotopic (exact) mass is 446 g/mol. The summed E-state index contributed by atoms with van der Waals surface area (Å²) in [6.07, 6.45) is 3.69. The number of urea groups is 1. The van der Waals surface area contributed by atoms with Crippen LogP contribution in [0.25, 0.3) is 10.9 Å². The van der Waals surface area contributed by atoms with E-state index >= 15 is 0 Å². The number of fused-ring (bicyclic) bond motifs is 1. The number of nitrogens with two attached hydrogens (primary N) is 1. The van der Waals surface area contributed by atoms with Crippen molar-refractivity contribution in [3.63, 3.8) is 0 Å². The number of nitriles is 1. The second-order valence-corrected chi connectivity index (χ2v) is 7.65. The van der Waals surface area contributed by atoms with E-state index in [4.69, 9.17) is 5.73 Å². The van der Waals surface area contributed by atoms with Crippen molar-refractivity contribution in [3.05, 3.63) is 60.3 Å². The first-order valence-corrected chi connectivity index (χ1v) is 11.2. The molecular weight excluding hydrogens is 416 g/mol. The Hall–Kier alpha value is -3.83. The number of amides is 3. The molecule has 3 aromatic rings. The molecule has 1 aliphatic heterocycles. The summed E-state index contributed by atoms with van der Waals surface area (Å²) in [5.41, 5.74) is 9.31. The SMILES string of the molecule is CC.N#CC1CCCN1C(=O)C(N)Cc1c[nH]c2ccc(NC(=O)Nc3ccccc3)cc12. The minimum atomic E-state index is -0.731. The van der Waals surface area contributed by atoms with E-state index in [0.29, 0.717) is 30.8 Å². The Bertz CT molecular complexity index is 1130. The Balaban J connectivity index is 0.00000149. The number of benzene rings is 2. The fourth-order valence-corrected chi connectivity index (χ4v) is 3.94. The molecule has 8 nitrogen and oxygen atoms in total. The number of para-hydroxylation sites is 1. The number of rotatable bonds is 5. The Morgan fingerprint density at radius 1 is 1.18 bits per heavy atom. The molecule has 1 aromatic heterocycles. The lowest BCUT2D eigenvalue weighted by Gasteiger charge is -2.23. The third-order valence-corrected chi connectivity index (χ3v) is 5.50. The summed E-state index contributed by atoms with van der Waals surface area (Å²) in [6, 6.07) is 15.4. The summed E-state index contributed by atoms with van der Waals surface area (Å²) in [6.45, 7) is 4.57. The van der Waals surface area contributed by atoms with Crippen molar-refractivity contribution < 1.29 is 9.59 Å². The fourth-order valence-electron chi connectivity index (χ4n) is 3.94. The van der Waals surface area contributed by atoms with Gasteiger partial charge in [0.2, 0.25) is 5.91 Å². The number of carbonyl (C=O) groups excluding carboxylic acids is 2. The molecule has 4 rings (SSSR count). The van der Waals surface area contributed by atoms with Gasteiger partial charge in [0.15, 0.2) is 0 Å². The number of hydrogen-bond acceptors (Lipinski definition) is 4. The first kappa shape index (κ1) is 23.8. The molecule has 8 heteroatoms. The largest absolute Gasteiger partial charge is 0.361 e. The number of likely N-dealkylation sites (tertiary alicyclic amines) is 1. The van der Waals surface area contributed by atoms with Crippen molar-refractivity contribution in [3.8, 4) is 6.07 Å². The first-order chi connectivity index (χ1) is 16.0. The molecule has 172 valence electrons. The average molecular weight is 447 g/mol. The molecule has 2 heterocycles. The first-order valence-electron chi connectivity index (χ1n) is 11.2. The van der Waals surface area contributed by atoms with Crippen LogP contribution in [-0.2, 0) is 11.2 Å². The maximum Gasteiger partial charge on any atom is 0.323 e. The zero-order valence-corrected chi connectivity index (χ0v) is 19.0. The van der Waals surface area contributed by atoms with Crippen LogP contribution in [0.15, 0.2) is 54.7 Å². The van der Waals surface area contributed by atoms with Gasteiger partial charge in [-0.3, -0.25) is 4.79 Å². The van der Waals surface area contributed by atoms with Crippen molar-refractivity contribution in [2.24, 2.45) is 5.73 Å². The van der Waals surface area contributed by atoms with Gasteiger partial charge in [-0.05, 0) is 55.2 Å². The van der Waals surface area contributed by atoms with Crippen LogP contribution in [-0.4, -0.2) is 40.5 Å². The molecule has 1 aliphatic rings. The summed E-state index contributed by atoms with van der Waals surface area (Å²) in [4.78, 5) is 29.8. The summed E-state index contributed by atoms with van der Waals surface area (Å²) < 4.78 is 0. The van der Waals surface area contributed by atoms with E-state index in [9.17, 15) is 14.9 Å². The van der Waals surface area contributed by atoms with Crippen LogP contribution in [0.3, 0.4) is 0 Å². The number of aromatic amines is 1. The van der Waals surface area contributed by atoms with Gasteiger partial charge < -0.3 is 26.3 Å². The molecular formula is C25H30N6O2. The summed E-state index contributed by atoms with van der Waals surface area (Å²) >= 11 is 0. The molecule has 1 saturated heterocycles. The minimum absolute atomic E-state index is 0.199. The predicted octanol–water partition coefficient (Wildman–Crippen LogP) is 4.22. The molecule has 0 bridgehead atoms. The normalized spacial score (nSPS) is 15.8. The van der Waals surface area contributed by atoms with Crippen LogP contribution in [0.1, 0.15) is 32.3 Å². The number of anilines is 2. The van der Waals surface area contributed by atoms with Gasteiger partial charge in [-0.2, -0.15) is 5.26 Å². The number of carbonyl (C=O) groups is 2. The van der Waals surface area contributed by atoms with Gasteiger partial charge in [0.05, 0.1) is 12.1 Å². The minimum Gasteiger partial charge on any atom is -0.361 e. The molecule has 0 saturated carbocycles. The van der Waals surface area contributed by atoms with Gasteiger partial charge in [-0.25, -0.2) is 4.79 Å². The van der Waals surface area contributed by atoms with Crippen LogP contribution >= 0.6 is 0 Å². The predicted molar refractivity (Wildman–Crippen MR) is 131 cm³/mol. The second-order valence-electron chi connectivity index (χ2n) is 7.65. The van der Waals surface area contributed by atoms with Crippen LogP contribution in [0, 0.1) is 11.3 Å². The number of H-pyrrole nitrogens is 1. The smallest absolute Gasteiger partial charge is 0.323 e. The summed E-state index contributed by atoms with van der Waals surface area (Å²) in [7, 11) is 0. The van der Waals surface area contributed by atoms with Crippen LogP contribution in [0.4, 0.5) is 16.2 Å². The molecule has 0 spiro atoms. The van der Waals surface area contributed by atoms with Crippen molar-refractivity contribution >= 4 is 34.2 Å². The van der Waals surface area contributed by atoms with Crippen LogP contribution < -0.4 is 16.4 Å². The Morgan fingerprint density at radius 2 is 1.91 bits per heavy atom. The zero-order chi connectivity index (χ0) is 23.8. The molecule has 5 N–H and O–H groups in total. The third kappa shape index (κ3) is 5.70. The Labute approximate surface area is 193 Å². The molecule has 0 aliphatic carbocycles. The van der Waals surface area contributed by atoms with E-state index in [1.807, 2.05) is 62.5 Å². The Kier molecular flexibility index (Phi) is 8.06. The van der Waals surface area contributed by atoms with Crippen LogP contribution in [0.5, 0.6) is 0 Å². The van der Waals surface area contributed by atoms with Gasteiger partial charge in [-0.15, -0.1) is 0 Å². The molecule has 2 unspecified atom stereocenters. The van der Waals surface area contributed by atoms with Gasteiger partial charge in [0.1, 0.15) is 6.04 Å². The molecule has 33 heavy (non-hydrogen) atoms. The topological polar surface area (TPSA) is 127 Å². The third-order valence-electron chi connectivity index (χ3n) is 5.50. The highest BCUT2D eigenvalue weighted by atomic mass is 16.2. The lowest BCUT2D eigenvalue weighted by atomic mass is 10.0. The van der Waals surface area contributed by atoms with Crippen molar-refractivity contribution in [2.75, 3.05) is 17.2 Å². The van der Waals surface area contributed by atoms with Gasteiger partial charge in [0.25, 0.3) is 0 Å². The van der Waals surface area contributed by atoms with E-state index in [0.717, 1.165) is 22.9 Å². The van der Waals surface area contributed by atoms with Gasteiger partial charge in [-0.1, -0.05) is 32.0 Å². The number of aromatic nitrogens is 1. The van der Waals surface area contributed by atoms with E-state index in [-0.39, 0.29) is 18.0 Å². The molecule has 2 aromatic carbocycles. The van der Waals surface area contributed by atoms with Crippen molar-refractivity contribution in [1.82, 2.24) is 9.88 Å². The quantitative estimate of drug-likeness (QED) is 0.468. The maximum atomic E-state index is 12.7. The van der Waals surface area contributed by atoms with Crippen molar-refractivity contribution in [2.45, 2.75) is 45.2 Å². The van der Waals surface area contributed by atoms with Gasteiger partial charge >= 0.3 is 6.03 Å². The molecule has 0 radical (unpaired) electrons. The molecule has 1 fully saturated rings. The standard InChI is InChI=1S/C23H24N6O2.C2H6/c24-13-18-7-4-10-29(18)22(30)20(25)11-15-14-26-21-9-8-17(12-19(15)21)28-23(31)27-16-5-2-1-3-6-16;1-2/h1-3,5-6,8-9,12,14,18,20,26H,4,7,10-11,25H2,(H2,27,28,31);1-2H3. The summed E-state index contributed by atoms with van der Waals surface area (Å²) in [5.74, 6) is -0.199. The van der Waals surface area contributed by atoms with Crippen LogP contribution in [0.2, 0.25) is 0 Å². The maximum absolute atomic E-state index is 12.7. The van der Waals surface area contributed by atoms with E-state index in [1.165, 1.54) is 0 Å². The van der Waals surface area contributed by atoms with Gasteiger partial charge in [0, 0.05) is 35.0 Å². The summed E-state index contributed by atoms with van der Waals surface area (Å²) in [5, 5.41) is 15.7. The molecule has 3 amide bonds.